The molecule has 256 valence electrons. The Morgan fingerprint density at radius 2 is 1.63 bits per heavy atom. The van der Waals surface area contributed by atoms with Gasteiger partial charge in [0.15, 0.2) is 0 Å². The summed E-state index contributed by atoms with van der Waals surface area (Å²) in [5.41, 5.74) is 5.29. The molecule has 1 aliphatic heterocycles. The molecule has 2 aliphatic rings. The number of primary amides is 1. The molecule has 0 spiro atoms. The summed E-state index contributed by atoms with van der Waals surface area (Å²) in [4.78, 5) is 68.2. The van der Waals surface area contributed by atoms with Gasteiger partial charge in [-0.05, 0) is 81.0 Å². The van der Waals surface area contributed by atoms with Crippen molar-refractivity contribution < 1.29 is 24.0 Å². The molecule has 5 atom stereocenters. The number of nitrogens with one attached hydrogen (secondary N) is 3. The number of ketones is 1. The fourth-order valence-electron chi connectivity index (χ4n) is 6.32. The van der Waals surface area contributed by atoms with Crippen LogP contribution in [-0.2, 0) is 19.2 Å². The number of Topliss-reactive ketones (excluding diaryl/α,β-unsaturated/α-hetero) is 1. The van der Waals surface area contributed by atoms with E-state index < -0.39 is 41.8 Å². The highest BCUT2D eigenvalue weighted by atomic mass is 32.2. The minimum Gasteiger partial charge on any atom is -0.363 e. The number of hydrogen-bond acceptors (Lipinski definition) is 7. The van der Waals surface area contributed by atoms with Crippen LogP contribution in [0.3, 0.4) is 0 Å². The summed E-state index contributed by atoms with van der Waals surface area (Å²) < 4.78 is 2.09. The van der Waals surface area contributed by atoms with Gasteiger partial charge < -0.3 is 26.6 Å². The molecule has 1 aromatic carbocycles. The zero-order valence-electron chi connectivity index (χ0n) is 28.1. The Bertz CT molecular complexity index is 1180. The average molecular weight is 659 g/mol. The largest absolute Gasteiger partial charge is 0.363 e. The molecule has 5 N–H and O–H groups in total. The monoisotopic (exact) mass is 658 g/mol. The average Bonchev–Trinajstić information content (AvgIpc) is 3.53. The van der Waals surface area contributed by atoms with Crippen molar-refractivity contribution in [1.29, 1.82) is 0 Å². The van der Waals surface area contributed by atoms with E-state index in [9.17, 15) is 24.0 Å². The van der Waals surface area contributed by atoms with E-state index in [1.165, 1.54) is 0 Å². The highest BCUT2D eigenvalue weighted by Crippen LogP contribution is 2.30. The highest BCUT2D eigenvalue weighted by molar-refractivity contribution is 7.97. The van der Waals surface area contributed by atoms with Gasteiger partial charge in [-0.3, -0.25) is 19.2 Å². The summed E-state index contributed by atoms with van der Waals surface area (Å²) in [5, 5.41) is 8.88. The third-order valence-corrected chi connectivity index (χ3v) is 10.2. The summed E-state index contributed by atoms with van der Waals surface area (Å²) >= 11 is 1.61. The number of nitrogens with zero attached hydrogens (tertiary/aromatic N) is 2. The number of nitrogens with two attached hydrogens (primary N) is 1. The number of benzene rings is 1. The molecule has 12 heteroatoms. The summed E-state index contributed by atoms with van der Waals surface area (Å²) in [6.07, 6.45) is 6.78. The van der Waals surface area contributed by atoms with E-state index in [0.717, 1.165) is 43.4 Å². The Morgan fingerprint density at radius 3 is 2.24 bits per heavy atom. The molecule has 1 saturated heterocycles. The lowest BCUT2D eigenvalue weighted by atomic mass is 9.83. The van der Waals surface area contributed by atoms with Crippen molar-refractivity contribution in [3.05, 3.63) is 30.3 Å². The van der Waals surface area contributed by atoms with Crippen LogP contribution in [0.2, 0.25) is 0 Å². The van der Waals surface area contributed by atoms with Crippen LogP contribution >= 0.6 is 11.9 Å². The Morgan fingerprint density at radius 1 is 0.957 bits per heavy atom. The topological polar surface area (TPSA) is 154 Å². The Balaban J connectivity index is 1.72. The minimum atomic E-state index is -1.09. The van der Waals surface area contributed by atoms with Crippen LogP contribution in [0.1, 0.15) is 85.5 Å². The maximum atomic E-state index is 14.2. The molecule has 1 aliphatic carbocycles. The molecule has 1 heterocycles. The van der Waals surface area contributed by atoms with Gasteiger partial charge in [0, 0.05) is 24.0 Å². The first kappa shape index (κ1) is 37.3. The number of hydrogen-bond donors (Lipinski definition) is 4. The zero-order chi connectivity index (χ0) is 33.8. The second kappa shape index (κ2) is 18.3. The molecule has 2 fully saturated rings. The number of rotatable bonds is 16. The van der Waals surface area contributed by atoms with Gasteiger partial charge in [0.25, 0.3) is 5.91 Å². The van der Waals surface area contributed by atoms with E-state index >= 15 is 0 Å². The summed E-state index contributed by atoms with van der Waals surface area (Å²) in [6.45, 7) is 8.99. The molecule has 11 nitrogen and oxygen atoms in total. The molecule has 0 bridgehead atoms. The molecule has 0 aromatic heterocycles. The predicted molar refractivity (Wildman–Crippen MR) is 181 cm³/mol. The number of urea groups is 1. The highest BCUT2D eigenvalue weighted by Gasteiger charge is 2.42. The number of carbonyl (C=O) groups excluding carboxylic acids is 5. The van der Waals surface area contributed by atoms with Gasteiger partial charge in [0.1, 0.15) is 12.1 Å². The third kappa shape index (κ3) is 11.0. The van der Waals surface area contributed by atoms with Crippen LogP contribution in [0.4, 0.5) is 4.79 Å². The lowest BCUT2D eigenvalue weighted by Gasteiger charge is -2.35. The molecule has 5 amide bonds. The van der Waals surface area contributed by atoms with Crippen LogP contribution in [0.15, 0.2) is 35.2 Å². The van der Waals surface area contributed by atoms with Gasteiger partial charge in [-0.15, -0.1) is 0 Å². The van der Waals surface area contributed by atoms with Crippen LogP contribution in [0.5, 0.6) is 0 Å². The van der Waals surface area contributed by atoms with Gasteiger partial charge >= 0.3 is 6.03 Å². The first-order valence-corrected chi connectivity index (χ1v) is 17.6. The van der Waals surface area contributed by atoms with Crippen LogP contribution < -0.4 is 21.7 Å². The van der Waals surface area contributed by atoms with E-state index in [2.05, 4.69) is 34.1 Å². The maximum Gasteiger partial charge on any atom is 0.315 e. The van der Waals surface area contributed by atoms with Gasteiger partial charge in [-0.1, -0.05) is 71.6 Å². The molecular weight excluding hydrogens is 604 g/mol. The number of amides is 5. The summed E-state index contributed by atoms with van der Waals surface area (Å²) in [6, 6.07) is 6.86. The van der Waals surface area contributed by atoms with Crippen molar-refractivity contribution in [2.45, 2.75) is 115 Å². The lowest BCUT2D eigenvalue weighted by molar-refractivity contribution is -0.143. The van der Waals surface area contributed by atoms with Crippen molar-refractivity contribution in [3.8, 4) is 0 Å². The van der Waals surface area contributed by atoms with E-state index in [1.54, 1.807) is 16.8 Å². The van der Waals surface area contributed by atoms with Crippen molar-refractivity contribution in [2.24, 2.45) is 23.5 Å². The number of likely N-dealkylation sites (tertiary alicyclic amines) is 1. The standard InChI is InChI=1S/C34H54N6O5S/c1-6-23(4)20-26(30(41)31(35)42)36-32(43)28-18-13-19-40(28)33(44)29(24-14-9-7-10-15-24)38-34(45)37-27(22(2)3)21-39(5)46-25-16-11-8-12-17-25/h8,11-12,16-17,22-24,26-29H,6-7,9-10,13-15,18-21H2,1-5H3,(H2,35,42)(H,36,43)(H2,37,38,45). The SMILES string of the molecule is CCC(C)CC(NC(=O)C1CCCN1C(=O)C(NC(=O)NC(CN(C)Sc1ccccc1)C(C)C)C1CCCCC1)C(=O)C(N)=O. The second-order valence-electron chi connectivity index (χ2n) is 13.3. The molecular formula is C34H54N6O5S. The first-order valence-electron chi connectivity index (χ1n) is 16.9. The van der Waals surface area contributed by atoms with Gasteiger partial charge in [0.2, 0.25) is 17.6 Å². The minimum absolute atomic E-state index is 0.0419. The van der Waals surface area contributed by atoms with E-state index in [4.69, 9.17) is 5.73 Å². The lowest BCUT2D eigenvalue weighted by Crippen LogP contribution is -2.60. The molecule has 1 saturated carbocycles. The Hall–Kier alpha value is -3.12. The fraction of sp³-hybridized carbons (Fsp3) is 0.676. The first-order chi connectivity index (χ1) is 21.9. The van der Waals surface area contributed by atoms with Gasteiger partial charge in [-0.2, -0.15) is 0 Å². The molecule has 3 rings (SSSR count). The van der Waals surface area contributed by atoms with Crippen molar-refractivity contribution in [1.82, 2.24) is 25.2 Å². The van der Waals surface area contributed by atoms with Crippen LogP contribution in [0.25, 0.3) is 0 Å². The van der Waals surface area contributed by atoms with E-state index in [-0.39, 0.29) is 36.1 Å². The predicted octanol–water partition coefficient (Wildman–Crippen LogP) is 3.86. The summed E-state index contributed by atoms with van der Waals surface area (Å²) in [5.74, 6) is -2.50. The normalized spacial score (nSPS) is 19.7. The maximum absolute atomic E-state index is 14.2. The molecule has 1 aromatic rings. The van der Waals surface area contributed by atoms with Crippen molar-refractivity contribution in [3.63, 3.8) is 0 Å². The number of carbonyl (C=O) groups is 5. The molecule has 5 unspecified atom stereocenters. The van der Waals surface area contributed by atoms with E-state index in [0.29, 0.717) is 25.9 Å². The quantitative estimate of drug-likeness (QED) is 0.155. The number of likely N-dealkylation sites (N-methyl/N-ethyl adjacent to an activating group) is 1. The smallest absolute Gasteiger partial charge is 0.315 e. The zero-order valence-corrected chi connectivity index (χ0v) is 28.9. The second-order valence-corrected chi connectivity index (χ2v) is 14.6. The van der Waals surface area contributed by atoms with Gasteiger partial charge in [0.05, 0.1) is 6.04 Å². The Kier molecular flexibility index (Phi) is 14.8. The fourth-order valence-corrected chi connectivity index (χ4v) is 7.19. The summed E-state index contributed by atoms with van der Waals surface area (Å²) in [7, 11) is 1.99. The third-order valence-electron chi connectivity index (χ3n) is 9.30. The van der Waals surface area contributed by atoms with Crippen LogP contribution in [0, 0.1) is 17.8 Å². The van der Waals surface area contributed by atoms with Crippen molar-refractivity contribution in [2.75, 3.05) is 20.1 Å². The van der Waals surface area contributed by atoms with Gasteiger partial charge in [-0.25, -0.2) is 9.10 Å². The van der Waals surface area contributed by atoms with E-state index in [1.807, 2.05) is 51.2 Å². The molecule has 0 radical (unpaired) electrons. The molecule has 46 heavy (non-hydrogen) atoms. The Labute approximate surface area is 278 Å². The van der Waals surface area contributed by atoms with Crippen molar-refractivity contribution >= 4 is 41.5 Å². The van der Waals surface area contributed by atoms with Crippen LogP contribution in [-0.4, -0.2) is 83.0 Å².